The largest absolute Gasteiger partial charge is 0.335 e. The van der Waals surface area contributed by atoms with E-state index in [1.54, 1.807) is 24.3 Å². The molecule has 0 aliphatic carbocycles. The van der Waals surface area contributed by atoms with Crippen molar-refractivity contribution in [3.63, 3.8) is 0 Å². The van der Waals surface area contributed by atoms with Gasteiger partial charge in [-0.2, -0.15) is 5.26 Å². The summed E-state index contributed by atoms with van der Waals surface area (Å²) < 4.78 is 0. The van der Waals surface area contributed by atoms with Crippen LogP contribution in [0.25, 0.3) is 0 Å². The number of nitriles is 1. The quantitative estimate of drug-likeness (QED) is 0.736. The van der Waals surface area contributed by atoms with Gasteiger partial charge in [0.05, 0.1) is 11.6 Å². The molecule has 5 nitrogen and oxygen atoms in total. The molecule has 1 fully saturated rings. The first-order valence-corrected chi connectivity index (χ1v) is 6.06. The Bertz CT molecular complexity index is 460. The lowest BCUT2D eigenvalue weighted by Crippen LogP contribution is -2.44. The van der Waals surface area contributed by atoms with Crippen molar-refractivity contribution in [2.45, 2.75) is 18.9 Å². The smallest absolute Gasteiger partial charge is 0.319 e. The van der Waals surface area contributed by atoms with Crippen LogP contribution in [0.1, 0.15) is 18.4 Å². The molecular formula is C13H16N4O. The molecule has 0 radical (unpaired) electrons. The zero-order valence-corrected chi connectivity index (χ0v) is 10.1. The number of rotatable bonds is 2. The van der Waals surface area contributed by atoms with Crippen LogP contribution in [0.3, 0.4) is 0 Å². The van der Waals surface area contributed by atoms with Crippen molar-refractivity contribution in [2.75, 3.05) is 18.4 Å². The standard InChI is InChI=1S/C13H16N4O/c14-9-10-2-1-3-12(8-10)17-13(18)16-11-4-6-15-7-5-11/h1-3,8,11,15H,4-7H2,(H2,16,17,18). The number of benzene rings is 1. The first-order valence-electron chi connectivity index (χ1n) is 6.06. The van der Waals surface area contributed by atoms with E-state index in [0.29, 0.717) is 11.3 Å². The summed E-state index contributed by atoms with van der Waals surface area (Å²) in [6, 6.07) is 8.93. The number of nitrogens with zero attached hydrogens (tertiary/aromatic N) is 1. The molecule has 0 spiro atoms. The van der Waals surface area contributed by atoms with Gasteiger partial charge in [-0.05, 0) is 44.1 Å². The van der Waals surface area contributed by atoms with E-state index in [2.05, 4.69) is 16.0 Å². The van der Waals surface area contributed by atoms with Crippen molar-refractivity contribution in [3.05, 3.63) is 29.8 Å². The summed E-state index contributed by atoms with van der Waals surface area (Å²) in [5.74, 6) is 0. The minimum atomic E-state index is -0.211. The molecule has 1 aliphatic rings. The van der Waals surface area contributed by atoms with Gasteiger partial charge in [0.25, 0.3) is 0 Å². The van der Waals surface area contributed by atoms with Crippen LogP contribution in [0.15, 0.2) is 24.3 Å². The highest BCUT2D eigenvalue weighted by molar-refractivity contribution is 5.89. The monoisotopic (exact) mass is 244 g/mol. The van der Waals surface area contributed by atoms with E-state index >= 15 is 0 Å². The summed E-state index contributed by atoms with van der Waals surface area (Å²) in [7, 11) is 0. The summed E-state index contributed by atoms with van der Waals surface area (Å²) in [5, 5.41) is 17.7. The maximum absolute atomic E-state index is 11.8. The Morgan fingerprint density at radius 1 is 1.39 bits per heavy atom. The average molecular weight is 244 g/mol. The van der Waals surface area contributed by atoms with Crippen LogP contribution < -0.4 is 16.0 Å². The lowest BCUT2D eigenvalue weighted by Gasteiger charge is -2.23. The minimum absolute atomic E-state index is 0.211. The van der Waals surface area contributed by atoms with Gasteiger partial charge in [0.1, 0.15) is 0 Å². The number of hydrogen-bond acceptors (Lipinski definition) is 3. The van der Waals surface area contributed by atoms with E-state index in [1.165, 1.54) is 0 Å². The number of carbonyl (C=O) groups excluding carboxylic acids is 1. The summed E-state index contributed by atoms with van der Waals surface area (Å²) in [5.41, 5.74) is 1.18. The molecule has 2 rings (SSSR count). The molecule has 5 heteroatoms. The van der Waals surface area contributed by atoms with Gasteiger partial charge in [-0.15, -0.1) is 0 Å². The third-order valence-corrected chi connectivity index (χ3v) is 2.92. The van der Waals surface area contributed by atoms with Crippen molar-refractivity contribution in [1.29, 1.82) is 5.26 Å². The predicted octanol–water partition coefficient (Wildman–Crippen LogP) is 1.43. The predicted molar refractivity (Wildman–Crippen MR) is 69.2 cm³/mol. The number of amides is 2. The second kappa shape index (κ2) is 6.03. The fourth-order valence-corrected chi connectivity index (χ4v) is 1.99. The second-order valence-corrected chi connectivity index (χ2v) is 4.32. The highest BCUT2D eigenvalue weighted by Gasteiger charge is 2.15. The highest BCUT2D eigenvalue weighted by atomic mass is 16.2. The lowest BCUT2D eigenvalue weighted by atomic mass is 10.1. The molecule has 1 aromatic carbocycles. The molecule has 18 heavy (non-hydrogen) atoms. The van der Waals surface area contributed by atoms with Crippen molar-refractivity contribution in [1.82, 2.24) is 10.6 Å². The summed E-state index contributed by atoms with van der Waals surface area (Å²) in [6.45, 7) is 1.88. The molecule has 0 aromatic heterocycles. The normalized spacial score (nSPS) is 15.7. The van der Waals surface area contributed by atoms with E-state index in [1.807, 2.05) is 6.07 Å². The van der Waals surface area contributed by atoms with Crippen molar-refractivity contribution in [2.24, 2.45) is 0 Å². The molecule has 2 amide bonds. The Morgan fingerprint density at radius 2 is 2.17 bits per heavy atom. The Labute approximate surface area is 106 Å². The Hall–Kier alpha value is -2.06. The van der Waals surface area contributed by atoms with E-state index in [9.17, 15) is 4.79 Å². The van der Waals surface area contributed by atoms with Gasteiger partial charge in [0, 0.05) is 11.7 Å². The van der Waals surface area contributed by atoms with Crippen LogP contribution in [0.5, 0.6) is 0 Å². The Balaban J connectivity index is 1.88. The molecule has 94 valence electrons. The summed E-state index contributed by atoms with van der Waals surface area (Å²) in [6.07, 6.45) is 1.90. The molecule has 0 unspecified atom stereocenters. The number of nitrogens with one attached hydrogen (secondary N) is 3. The molecule has 0 saturated carbocycles. The summed E-state index contributed by atoms with van der Waals surface area (Å²) in [4.78, 5) is 11.8. The van der Waals surface area contributed by atoms with Crippen molar-refractivity contribution < 1.29 is 4.79 Å². The van der Waals surface area contributed by atoms with Gasteiger partial charge in [-0.3, -0.25) is 0 Å². The van der Waals surface area contributed by atoms with E-state index in [-0.39, 0.29) is 12.1 Å². The third kappa shape index (κ3) is 3.47. The molecule has 0 atom stereocenters. The van der Waals surface area contributed by atoms with Crippen molar-refractivity contribution in [3.8, 4) is 6.07 Å². The fourth-order valence-electron chi connectivity index (χ4n) is 1.99. The molecule has 1 saturated heterocycles. The molecule has 0 bridgehead atoms. The Kier molecular flexibility index (Phi) is 4.15. The number of urea groups is 1. The first-order chi connectivity index (χ1) is 8.78. The first kappa shape index (κ1) is 12.4. The minimum Gasteiger partial charge on any atom is -0.335 e. The lowest BCUT2D eigenvalue weighted by molar-refractivity contribution is 0.245. The van der Waals surface area contributed by atoms with Crippen LogP contribution in [-0.2, 0) is 0 Å². The van der Waals surface area contributed by atoms with Crippen molar-refractivity contribution >= 4 is 11.7 Å². The van der Waals surface area contributed by atoms with Gasteiger partial charge in [0.2, 0.25) is 0 Å². The van der Waals surface area contributed by atoms with E-state index in [4.69, 9.17) is 5.26 Å². The van der Waals surface area contributed by atoms with E-state index < -0.39 is 0 Å². The number of hydrogen-bond donors (Lipinski definition) is 3. The maximum atomic E-state index is 11.8. The van der Waals surface area contributed by atoms with Crippen LogP contribution in [0.2, 0.25) is 0 Å². The summed E-state index contributed by atoms with van der Waals surface area (Å²) >= 11 is 0. The number of anilines is 1. The topological polar surface area (TPSA) is 77.0 Å². The van der Waals surface area contributed by atoms with Crippen LogP contribution in [0, 0.1) is 11.3 Å². The van der Waals surface area contributed by atoms with Crippen LogP contribution in [-0.4, -0.2) is 25.2 Å². The van der Waals surface area contributed by atoms with Gasteiger partial charge in [-0.1, -0.05) is 6.07 Å². The average Bonchev–Trinajstić information content (AvgIpc) is 2.40. The molecule has 3 N–H and O–H groups in total. The molecule has 1 heterocycles. The van der Waals surface area contributed by atoms with E-state index in [0.717, 1.165) is 25.9 Å². The number of carbonyl (C=O) groups is 1. The van der Waals surface area contributed by atoms with Gasteiger partial charge in [-0.25, -0.2) is 4.79 Å². The number of piperidine rings is 1. The zero-order valence-electron chi connectivity index (χ0n) is 10.1. The van der Waals surface area contributed by atoms with Gasteiger partial charge >= 0.3 is 6.03 Å². The zero-order chi connectivity index (χ0) is 12.8. The Morgan fingerprint density at radius 3 is 2.89 bits per heavy atom. The molecular weight excluding hydrogens is 228 g/mol. The van der Waals surface area contributed by atoms with Crippen LogP contribution in [0.4, 0.5) is 10.5 Å². The third-order valence-electron chi connectivity index (χ3n) is 2.92. The highest BCUT2D eigenvalue weighted by Crippen LogP contribution is 2.10. The molecule has 1 aliphatic heterocycles. The maximum Gasteiger partial charge on any atom is 0.319 e. The molecule has 1 aromatic rings. The van der Waals surface area contributed by atoms with Crippen LogP contribution >= 0.6 is 0 Å². The fraction of sp³-hybridized carbons (Fsp3) is 0.385. The van der Waals surface area contributed by atoms with Gasteiger partial charge in [0.15, 0.2) is 0 Å². The SMILES string of the molecule is N#Cc1cccc(NC(=O)NC2CCNCC2)c1. The van der Waals surface area contributed by atoms with Gasteiger partial charge < -0.3 is 16.0 Å². The second-order valence-electron chi connectivity index (χ2n) is 4.32.